The van der Waals surface area contributed by atoms with E-state index in [9.17, 15) is 9.90 Å². The van der Waals surface area contributed by atoms with E-state index in [2.05, 4.69) is 15.5 Å². The highest BCUT2D eigenvalue weighted by Crippen LogP contribution is 2.25. The zero-order valence-corrected chi connectivity index (χ0v) is 15.9. The van der Waals surface area contributed by atoms with Crippen LogP contribution in [0.25, 0.3) is 11.0 Å². The number of para-hydroxylation sites is 3. The second-order valence-corrected chi connectivity index (χ2v) is 6.66. The van der Waals surface area contributed by atoms with Crippen molar-refractivity contribution in [1.29, 1.82) is 0 Å². The molecular weight excluding hydrogens is 364 g/mol. The Morgan fingerprint density at radius 1 is 1.33 bits per heavy atom. The first-order valence-electron chi connectivity index (χ1n) is 8.44. The number of aromatic amines is 1. The summed E-state index contributed by atoms with van der Waals surface area (Å²) in [5, 5.41) is 16.9. The topological polar surface area (TPSA) is 93.4 Å². The first-order valence-corrected chi connectivity index (χ1v) is 9.43. The van der Waals surface area contributed by atoms with Crippen molar-refractivity contribution < 1.29 is 19.2 Å². The smallest absolute Gasteiger partial charge is 0.317 e. The molecule has 7 nitrogen and oxygen atoms in total. The maximum absolute atomic E-state index is 12.1. The number of rotatable bonds is 7. The molecule has 1 amide bonds. The SMILES string of the molecule is CCOc1cccc(C=NNC(=O)CSc2[nH]c3ccccc3[n+]2C)c1[O-]. The van der Waals surface area contributed by atoms with Crippen molar-refractivity contribution in [2.45, 2.75) is 12.1 Å². The van der Waals surface area contributed by atoms with E-state index in [1.165, 1.54) is 18.0 Å². The first-order chi connectivity index (χ1) is 13.1. The highest BCUT2D eigenvalue weighted by Gasteiger charge is 2.16. The number of hydrogen-bond acceptors (Lipinski definition) is 5. The standard InChI is InChI=1S/C19H20N4O3S/c1-3-26-16-10-6-7-13(18(16)25)11-20-22-17(24)12-27-19-21-14-8-4-5-9-15(14)23(19)2/h4-11H,3,12H2,1-2H3,(H2,20,22,24,25). The van der Waals surface area contributed by atoms with E-state index in [-0.39, 0.29) is 23.2 Å². The fourth-order valence-corrected chi connectivity index (χ4v) is 3.36. The monoisotopic (exact) mass is 384 g/mol. The molecular formula is C19H20N4O3S. The fourth-order valence-electron chi connectivity index (χ4n) is 2.56. The minimum atomic E-state index is -0.261. The van der Waals surface area contributed by atoms with Crippen molar-refractivity contribution in [2.75, 3.05) is 12.4 Å². The van der Waals surface area contributed by atoms with Gasteiger partial charge in [0.05, 0.1) is 25.6 Å². The lowest BCUT2D eigenvalue weighted by Gasteiger charge is -2.15. The van der Waals surface area contributed by atoms with Crippen LogP contribution in [0.5, 0.6) is 11.5 Å². The number of hydrazone groups is 1. The molecule has 0 atom stereocenters. The van der Waals surface area contributed by atoms with Crippen molar-refractivity contribution in [2.24, 2.45) is 12.1 Å². The number of ether oxygens (including phenoxy) is 1. The molecule has 140 valence electrons. The maximum atomic E-state index is 12.1. The van der Waals surface area contributed by atoms with Crippen molar-refractivity contribution >= 4 is 34.9 Å². The zero-order chi connectivity index (χ0) is 19.2. The molecule has 0 saturated heterocycles. The van der Waals surface area contributed by atoms with Crippen molar-refractivity contribution in [3.8, 4) is 11.5 Å². The van der Waals surface area contributed by atoms with E-state index in [0.29, 0.717) is 12.2 Å². The van der Waals surface area contributed by atoms with Crippen LogP contribution in [0.3, 0.4) is 0 Å². The third-order valence-corrected chi connectivity index (χ3v) is 4.91. The predicted octanol–water partition coefficient (Wildman–Crippen LogP) is 1.71. The lowest BCUT2D eigenvalue weighted by atomic mass is 10.2. The molecule has 27 heavy (non-hydrogen) atoms. The Hall–Kier alpha value is -3.00. The summed E-state index contributed by atoms with van der Waals surface area (Å²) in [4.78, 5) is 15.3. The number of carbonyl (C=O) groups is 1. The highest BCUT2D eigenvalue weighted by molar-refractivity contribution is 7.99. The quantitative estimate of drug-likeness (QED) is 0.281. The maximum Gasteiger partial charge on any atom is 0.317 e. The number of benzene rings is 2. The molecule has 3 rings (SSSR count). The van der Waals surface area contributed by atoms with E-state index in [4.69, 9.17) is 4.74 Å². The molecule has 0 spiro atoms. The van der Waals surface area contributed by atoms with Gasteiger partial charge in [0.1, 0.15) is 5.75 Å². The summed E-state index contributed by atoms with van der Waals surface area (Å²) in [6.45, 7) is 2.22. The third-order valence-electron chi connectivity index (χ3n) is 3.85. The minimum Gasteiger partial charge on any atom is -0.870 e. The van der Waals surface area contributed by atoms with Gasteiger partial charge in [-0.1, -0.05) is 30.0 Å². The van der Waals surface area contributed by atoms with Gasteiger partial charge in [-0.3, -0.25) is 4.79 Å². The van der Waals surface area contributed by atoms with E-state index >= 15 is 0 Å². The average molecular weight is 384 g/mol. The fraction of sp³-hybridized carbons (Fsp3) is 0.211. The minimum absolute atomic E-state index is 0.196. The van der Waals surface area contributed by atoms with Gasteiger partial charge in [-0.15, -0.1) is 0 Å². The van der Waals surface area contributed by atoms with Crippen molar-refractivity contribution in [3.63, 3.8) is 0 Å². The van der Waals surface area contributed by atoms with Crippen LogP contribution in [0.2, 0.25) is 0 Å². The van der Waals surface area contributed by atoms with Gasteiger partial charge in [-0.2, -0.15) is 5.10 Å². The number of aromatic nitrogens is 2. The van der Waals surface area contributed by atoms with Gasteiger partial charge in [0.2, 0.25) is 0 Å². The Balaban J connectivity index is 1.57. The summed E-state index contributed by atoms with van der Waals surface area (Å²) in [5.74, 6) is -0.0453. The molecule has 8 heteroatoms. The third kappa shape index (κ3) is 4.40. The molecule has 0 unspecified atom stereocenters. The highest BCUT2D eigenvalue weighted by atomic mass is 32.2. The number of amides is 1. The molecule has 0 radical (unpaired) electrons. The molecule has 0 bridgehead atoms. The molecule has 0 aliphatic rings. The van der Waals surface area contributed by atoms with Gasteiger partial charge in [0.15, 0.2) is 11.0 Å². The molecule has 0 fully saturated rings. The van der Waals surface area contributed by atoms with Crippen LogP contribution in [0, 0.1) is 0 Å². The van der Waals surface area contributed by atoms with Crippen LogP contribution in [0.15, 0.2) is 52.7 Å². The Bertz CT molecular complexity index is 984. The van der Waals surface area contributed by atoms with Crippen LogP contribution < -0.4 is 19.8 Å². The Morgan fingerprint density at radius 2 is 2.15 bits per heavy atom. The van der Waals surface area contributed by atoms with Crippen molar-refractivity contribution in [1.82, 2.24) is 10.4 Å². The lowest BCUT2D eigenvalue weighted by Crippen LogP contribution is -2.30. The largest absolute Gasteiger partial charge is 0.870 e. The predicted molar refractivity (Wildman–Crippen MR) is 103 cm³/mol. The number of fused-ring (bicyclic) bond motifs is 1. The molecule has 0 aliphatic carbocycles. The van der Waals surface area contributed by atoms with Crippen LogP contribution in [0.4, 0.5) is 0 Å². The number of aryl methyl sites for hydroxylation is 1. The number of nitrogens with zero attached hydrogens (tertiary/aromatic N) is 2. The number of nitrogens with one attached hydrogen (secondary N) is 2. The second-order valence-electron chi connectivity index (χ2n) is 5.70. The van der Waals surface area contributed by atoms with Gasteiger partial charge in [0, 0.05) is 0 Å². The Morgan fingerprint density at radius 3 is 2.93 bits per heavy atom. The van der Waals surface area contributed by atoms with Crippen LogP contribution in [0.1, 0.15) is 12.5 Å². The molecule has 0 aliphatic heterocycles. The van der Waals surface area contributed by atoms with E-state index in [1.54, 1.807) is 18.2 Å². The summed E-state index contributed by atoms with van der Waals surface area (Å²) < 4.78 is 7.26. The lowest BCUT2D eigenvalue weighted by molar-refractivity contribution is -0.683. The molecule has 1 heterocycles. The summed E-state index contributed by atoms with van der Waals surface area (Å²) >= 11 is 1.38. The van der Waals surface area contributed by atoms with E-state index in [0.717, 1.165) is 16.2 Å². The van der Waals surface area contributed by atoms with Crippen LogP contribution in [-0.4, -0.2) is 29.5 Å². The molecule has 1 aromatic heterocycles. The molecule has 2 N–H and O–H groups in total. The van der Waals surface area contributed by atoms with E-state index in [1.807, 2.05) is 42.8 Å². The van der Waals surface area contributed by atoms with Gasteiger partial charge < -0.3 is 9.84 Å². The molecule has 2 aromatic carbocycles. The van der Waals surface area contributed by atoms with Crippen LogP contribution in [-0.2, 0) is 11.8 Å². The van der Waals surface area contributed by atoms with Crippen molar-refractivity contribution in [3.05, 3.63) is 48.0 Å². The zero-order valence-electron chi connectivity index (χ0n) is 15.1. The summed E-state index contributed by atoms with van der Waals surface area (Å²) in [6.07, 6.45) is 1.33. The first kappa shape index (κ1) is 18.8. The van der Waals surface area contributed by atoms with Gasteiger partial charge in [0.25, 0.3) is 5.91 Å². The van der Waals surface area contributed by atoms with Gasteiger partial charge in [-0.05, 0) is 42.4 Å². The Kier molecular flexibility index (Phi) is 5.97. The normalized spacial score (nSPS) is 11.2. The summed E-state index contributed by atoms with van der Waals surface area (Å²) in [6, 6.07) is 12.9. The van der Waals surface area contributed by atoms with Crippen LogP contribution >= 0.6 is 11.8 Å². The number of hydrogen-bond donors (Lipinski definition) is 2. The number of H-pyrrole nitrogens is 1. The number of carbonyl (C=O) groups excluding carboxylic acids is 1. The Labute approximate surface area is 161 Å². The average Bonchev–Trinajstić information content (AvgIpc) is 2.99. The van der Waals surface area contributed by atoms with E-state index < -0.39 is 0 Å². The van der Waals surface area contributed by atoms with Gasteiger partial charge in [-0.25, -0.2) is 15.0 Å². The number of thioether (sulfide) groups is 1. The summed E-state index contributed by atoms with van der Waals surface area (Å²) in [7, 11) is 1.94. The number of imidazole rings is 1. The molecule has 0 saturated carbocycles. The molecule has 3 aromatic rings. The van der Waals surface area contributed by atoms with Gasteiger partial charge >= 0.3 is 5.16 Å². The summed E-state index contributed by atoms with van der Waals surface area (Å²) in [5.41, 5.74) is 4.87. The second kappa shape index (κ2) is 8.59.